The Labute approximate surface area is 152 Å². The number of piperidine rings is 1. The minimum atomic E-state index is 0.194. The summed E-state index contributed by atoms with van der Waals surface area (Å²) in [4.78, 5) is 10.7. The van der Waals surface area contributed by atoms with Crippen molar-refractivity contribution in [3.63, 3.8) is 0 Å². The van der Waals surface area contributed by atoms with Gasteiger partial charge in [-0.1, -0.05) is 6.07 Å². The lowest BCUT2D eigenvalue weighted by Gasteiger charge is -2.33. The molecule has 0 aromatic carbocycles. The van der Waals surface area contributed by atoms with E-state index in [2.05, 4.69) is 25.1 Å². The van der Waals surface area contributed by atoms with Crippen LogP contribution >= 0.6 is 0 Å². The Hall–Kier alpha value is -2.80. The van der Waals surface area contributed by atoms with E-state index < -0.39 is 0 Å². The zero-order valence-electron chi connectivity index (χ0n) is 14.8. The molecule has 3 aromatic heterocycles. The van der Waals surface area contributed by atoms with Crippen LogP contribution in [0.4, 0.5) is 5.82 Å². The predicted molar refractivity (Wildman–Crippen MR) is 98.5 cm³/mol. The van der Waals surface area contributed by atoms with E-state index in [1.54, 1.807) is 12.4 Å². The topological polar surface area (TPSA) is 69.0 Å². The molecule has 0 spiro atoms. The molecule has 0 bridgehead atoms. The fourth-order valence-electron chi connectivity index (χ4n) is 3.21. The number of aryl methyl sites for hydroxylation is 1. The largest absolute Gasteiger partial charge is 0.372 e. The number of anilines is 1. The van der Waals surface area contributed by atoms with E-state index in [0.717, 1.165) is 48.8 Å². The van der Waals surface area contributed by atoms with Crippen molar-refractivity contribution < 1.29 is 4.74 Å². The highest BCUT2D eigenvalue weighted by Gasteiger charge is 2.22. The maximum atomic E-state index is 6.08. The van der Waals surface area contributed by atoms with Gasteiger partial charge in [0.1, 0.15) is 5.69 Å². The Morgan fingerprint density at radius 3 is 2.88 bits per heavy atom. The van der Waals surface area contributed by atoms with Gasteiger partial charge in [0.25, 0.3) is 0 Å². The molecule has 3 aromatic rings. The van der Waals surface area contributed by atoms with Crippen molar-refractivity contribution in [3.05, 3.63) is 54.6 Å². The minimum absolute atomic E-state index is 0.194. The first-order valence-electron chi connectivity index (χ1n) is 8.86. The van der Waals surface area contributed by atoms with Crippen LogP contribution in [0.25, 0.3) is 11.5 Å². The number of hydrogen-bond acceptors (Lipinski definition) is 6. The lowest BCUT2D eigenvalue weighted by Crippen LogP contribution is -2.40. The van der Waals surface area contributed by atoms with E-state index in [4.69, 9.17) is 4.74 Å². The summed E-state index contributed by atoms with van der Waals surface area (Å²) in [6.45, 7) is 2.40. The molecular formula is C19H22N6O. The van der Waals surface area contributed by atoms with Gasteiger partial charge in [0.2, 0.25) is 0 Å². The standard InChI is InChI=1S/C19H22N6O/c1-24-11-9-21-19(24)17-6-7-18(23-22-17)25-10-3-5-16(13-25)26-14-15-4-2-8-20-12-15/h2,4,6-9,11-12,16H,3,5,10,13-14H2,1H3/t16-/m1/s1. The van der Waals surface area contributed by atoms with Crippen LogP contribution in [0, 0.1) is 0 Å². The van der Waals surface area contributed by atoms with E-state index in [1.807, 2.05) is 48.3 Å². The summed E-state index contributed by atoms with van der Waals surface area (Å²) in [5.41, 5.74) is 1.88. The molecule has 134 valence electrons. The Bertz CT molecular complexity index is 833. The third-order valence-corrected chi connectivity index (χ3v) is 4.61. The van der Waals surface area contributed by atoms with Gasteiger partial charge in [-0.3, -0.25) is 4.98 Å². The van der Waals surface area contributed by atoms with Crippen molar-refractivity contribution >= 4 is 5.82 Å². The van der Waals surface area contributed by atoms with Gasteiger partial charge in [-0.05, 0) is 36.6 Å². The molecule has 0 aliphatic carbocycles. The van der Waals surface area contributed by atoms with Crippen molar-refractivity contribution in [2.24, 2.45) is 7.05 Å². The number of hydrogen-bond donors (Lipinski definition) is 0. The summed E-state index contributed by atoms with van der Waals surface area (Å²) in [7, 11) is 1.95. The first-order valence-corrected chi connectivity index (χ1v) is 8.86. The van der Waals surface area contributed by atoms with Crippen LogP contribution in [-0.4, -0.2) is 43.9 Å². The van der Waals surface area contributed by atoms with Crippen molar-refractivity contribution in [2.45, 2.75) is 25.6 Å². The maximum absolute atomic E-state index is 6.08. The highest BCUT2D eigenvalue weighted by Crippen LogP contribution is 2.21. The van der Waals surface area contributed by atoms with E-state index in [1.165, 1.54) is 0 Å². The number of nitrogens with zero attached hydrogens (tertiary/aromatic N) is 6. The van der Waals surface area contributed by atoms with Crippen LogP contribution in [0.2, 0.25) is 0 Å². The third-order valence-electron chi connectivity index (χ3n) is 4.61. The lowest BCUT2D eigenvalue weighted by atomic mass is 10.1. The van der Waals surface area contributed by atoms with Gasteiger partial charge in [0, 0.05) is 44.9 Å². The molecule has 0 unspecified atom stereocenters. The molecule has 1 saturated heterocycles. The molecule has 0 saturated carbocycles. The predicted octanol–water partition coefficient (Wildman–Crippen LogP) is 2.46. The average Bonchev–Trinajstić information content (AvgIpc) is 3.13. The molecule has 7 nitrogen and oxygen atoms in total. The fourth-order valence-corrected chi connectivity index (χ4v) is 3.21. The van der Waals surface area contributed by atoms with Crippen LogP contribution in [0.5, 0.6) is 0 Å². The Kier molecular flexibility index (Phi) is 4.88. The molecule has 0 radical (unpaired) electrons. The number of ether oxygens (including phenoxy) is 1. The first-order chi connectivity index (χ1) is 12.8. The second-order valence-corrected chi connectivity index (χ2v) is 6.52. The Morgan fingerprint density at radius 2 is 2.15 bits per heavy atom. The molecule has 26 heavy (non-hydrogen) atoms. The van der Waals surface area contributed by atoms with Gasteiger partial charge >= 0.3 is 0 Å². The molecule has 0 N–H and O–H groups in total. The van der Waals surface area contributed by atoms with Gasteiger partial charge < -0.3 is 14.2 Å². The molecule has 1 fully saturated rings. The van der Waals surface area contributed by atoms with Crippen LogP contribution in [0.1, 0.15) is 18.4 Å². The zero-order valence-corrected chi connectivity index (χ0v) is 14.8. The van der Waals surface area contributed by atoms with Crippen LogP contribution in [0.3, 0.4) is 0 Å². The van der Waals surface area contributed by atoms with Crippen molar-refractivity contribution in [1.29, 1.82) is 0 Å². The highest BCUT2D eigenvalue weighted by atomic mass is 16.5. The van der Waals surface area contributed by atoms with E-state index >= 15 is 0 Å². The zero-order chi connectivity index (χ0) is 17.8. The monoisotopic (exact) mass is 350 g/mol. The number of pyridine rings is 1. The van der Waals surface area contributed by atoms with Gasteiger partial charge in [-0.2, -0.15) is 0 Å². The van der Waals surface area contributed by atoms with Crippen LogP contribution in [0.15, 0.2) is 49.1 Å². The lowest BCUT2D eigenvalue weighted by molar-refractivity contribution is 0.0313. The number of imidazole rings is 1. The molecule has 1 atom stereocenters. The molecular weight excluding hydrogens is 328 g/mol. The molecule has 1 aliphatic heterocycles. The van der Waals surface area contributed by atoms with E-state index in [9.17, 15) is 0 Å². The molecule has 4 rings (SSSR count). The summed E-state index contributed by atoms with van der Waals surface area (Å²) in [5.74, 6) is 1.71. The van der Waals surface area contributed by atoms with Gasteiger partial charge in [-0.15, -0.1) is 10.2 Å². The normalized spacial score (nSPS) is 17.4. The van der Waals surface area contributed by atoms with E-state index in [-0.39, 0.29) is 6.10 Å². The minimum Gasteiger partial charge on any atom is -0.372 e. The molecule has 0 amide bonds. The summed E-state index contributed by atoms with van der Waals surface area (Å²) >= 11 is 0. The van der Waals surface area contributed by atoms with Crippen molar-refractivity contribution in [2.75, 3.05) is 18.0 Å². The average molecular weight is 350 g/mol. The molecule has 1 aliphatic rings. The molecule has 4 heterocycles. The smallest absolute Gasteiger partial charge is 0.160 e. The summed E-state index contributed by atoms with van der Waals surface area (Å²) in [6, 6.07) is 7.96. The molecule has 7 heteroatoms. The second kappa shape index (κ2) is 7.61. The van der Waals surface area contributed by atoms with Crippen molar-refractivity contribution in [1.82, 2.24) is 24.7 Å². The van der Waals surface area contributed by atoms with Crippen molar-refractivity contribution in [3.8, 4) is 11.5 Å². The summed E-state index contributed by atoms with van der Waals surface area (Å²) in [6.07, 6.45) is 9.64. The number of aromatic nitrogens is 5. The quantitative estimate of drug-likeness (QED) is 0.704. The van der Waals surface area contributed by atoms with E-state index in [0.29, 0.717) is 6.61 Å². The summed E-state index contributed by atoms with van der Waals surface area (Å²) < 4.78 is 8.01. The fraction of sp³-hybridized carbons (Fsp3) is 0.368. The highest BCUT2D eigenvalue weighted by molar-refractivity contribution is 5.51. The maximum Gasteiger partial charge on any atom is 0.160 e. The SMILES string of the molecule is Cn1ccnc1-c1ccc(N2CCC[C@@H](OCc3cccnc3)C2)nn1. The second-order valence-electron chi connectivity index (χ2n) is 6.52. The first kappa shape index (κ1) is 16.7. The Balaban J connectivity index is 1.39. The van der Waals surface area contributed by atoms with Gasteiger partial charge in [0.05, 0.1) is 12.7 Å². The summed E-state index contributed by atoms with van der Waals surface area (Å²) in [5, 5.41) is 8.76. The Morgan fingerprint density at radius 1 is 1.19 bits per heavy atom. The van der Waals surface area contributed by atoms with Gasteiger partial charge in [0.15, 0.2) is 11.6 Å². The van der Waals surface area contributed by atoms with Crippen LogP contribution in [-0.2, 0) is 18.4 Å². The third kappa shape index (κ3) is 3.72. The van der Waals surface area contributed by atoms with Crippen LogP contribution < -0.4 is 4.90 Å². The number of rotatable bonds is 5. The van der Waals surface area contributed by atoms with Gasteiger partial charge in [-0.25, -0.2) is 4.98 Å².